The van der Waals surface area contributed by atoms with Crippen molar-refractivity contribution in [2.45, 2.75) is 25.9 Å². The Morgan fingerprint density at radius 1 is 1.62 bits per heavy atom. The summed E-state index contributed by atoms with van der Waals surface area (Å²) >= 11 is 0. The van der Waals surface area contributed by atoms with Crippen LogP contribution in [0.3, 0.4) is 0 Å². The molecule has 1 atom stereocenters. The van der Waals surface area contributed by atoms with Crippen LogP contribution >= 0.6 is 0 Å². The Morgan fingerprint density at radius 2 is 2.50 bits per heavy atom. The maximum atomic E-state index is 11.7. The lowest BCUT2D eigenvalue weighted by Gasteiger charge is -2.16. The third-order valence-corrected chi connectivity index (χ3v) is 2.80. The Hall–Kier alpha value is -1.42. The van der Waals surface area contributed by atoms with Gasteiger partial charge in [0.1, 0.15) is 0 Å². The lowest BCUT2D eigenvalue weighted by molar-refractivity contribution is -0.128. The summed E-state index contributed by atoms with van der Waals surface area (Å²) in [6.07, 6.45) is 4.18. The molecular formula is C12H17N3O. The lowest BCUT2D eigenvalue weighted by atomic mass is 10.2. The summed E-state index contributed by atoms with van der Waals surface area (Å²) in [5.41, 5.74) is 1.09. The molecule has 1 aliphatic heterocycles. The summed E-state index contributed by atoms with van der Waals surface area (Å²) in [4.78, 5) is 17.7. The van der Waals surface area contributed by atoms with Gasteiger partial charge in [0.15, 0.2) is 0 Å². The topological polar surface area (TPSA) is 45.2 Å². The van der Waals surface area contributed by atoms with Crippen LogP contribution in [-0.2, 0) is 11.3 Å². The Balaban J connectivity index is 1.94. The van der Waals surface area contributed by atoms with Crippen LogP contribution < -0.4 is 5.32 Å². The van der Waals surface area contributed by atoms with Crippen molar-refractivity contribution < 1.29 is 4.79 Å². The van der Waals surface area contributed by atoms with Gasteiger partial charge in [-0.1, -0.05) is 13.0 Å². The molecule has 0 radical (unpaired) electrons. The maximum absolute atomic E-state index is 11.7. The highest BCUT2D eigenvalue weighted by Crippen LogP contribution is 2.14. The molecule has 86 valence electrons. The number of hydrogen-bond acceptors (Lipinski definition) is 3. The highest BCUT2D eigenvalue weighted by molar-refractivity contribution is 5.79. The first-order valence-electron chi connectivity index (χ1n) is 5.69. The number of hydrogen-bond donors (Lipinski definition) is 1. The summed E-state index contributed by atoms with van der Waals surface area (Å²) in [5, 5.41) is 3.31. The molecule has 1 N–H and O–H groups in total. The smallest absolute Gasteiger partial charge is 0.224 e. The van der Waals surface area contributed by atoms with E-state index in [0.29, 0.717) is 19.0 Å². The number of likely N-dealkylation sites (tertiary alicyclic amines) is 1. The van der Waals surface area contributed by atoms with E-state index in [4.69, 9.17) is 0 Å². The van der Waals surface area contributed by atoms with Gasteiger partial charge in [-0.3, -0.25) is 9.78 Å². The van der Waals surface area contributed by atoms with Crippen LogP contribution in [0.15, 0.2) is 24.5 Å². The van der Waals surface area contributed by atoms with Crippen molar-refractivity contribution in [3.8, 4) is 0 Å². The van der Waals surface area contributed by atoms with E-state index in [1.807, 2.05) is 23.2 Å². The molecule has 2 heterocycles. The highest BCUT2D eigenvalue weighted by Gasteiger charge is 2.28. The molecule has 0 spiro atoms. The third kappa shape index (κ3) is 2.58. The molecule has 0 saturated carbocycles. The molecule has 1 aromatic rings. The normalized spacial score (nSPS) is 20.4. The molecule has 0 aromatic carbocycles. The second kappa shape index (κ2) is 5.07. The number of carbonyl (C=O) groups excluding carboxylic acids is 1. The first kappa shape index (κ1) is 11.1. The first-order chi connectivity index (χ1) is 7.79. The largest absolute Gasteiger partial charge is 0.337 e. The highest BCUT2D eigenvalue weighted by atomic mass is 16.2. The molecule has 0 aliphatic carbocycles. The van der Waals surface area contributed by atoms with Crippen molar-refractivity contribution >= 4 is 5.91 Å². The molecule has 2 rings (SSSR count). The van der Waals surface area contributed by atoms with E-state index in [2.05, 4.69) is 17.2 Å². The molecule has 1 aromatic heterocycles. The Morgan fingerprint density at radius 3 is 3.19 bits per heavy atom. The van der Waals surface area contributed by atoms with E-state index >= 15 is 0 Å². The molecule has 1 fully saturated rings. The number of carbonyl (C=O) groups is 1. The number of aromatic nitrogens is 1. The fourth-order valence-corrected chi connectivity index (χ4v) is 2.06. The van der Waals surface area contributed by atoms with Gasteiger partial charge in [-0.15, -0.1) is 0 Å². The van der Waals surface area contributed by atoms with Crippen molar-refractivity contribution in [1.29, 1.82) is 0 Å². The van der Waals surface area contributed by atoms with Crippen LogP contribution in [0, 0.1) is 0 Å². The van der Waals surface area contributed by atoms with Crippen molar-refractivity contribution in [3.05, 3.63) is 30.1 Å². The number of nitrogens with zero attached hydrogens (tertiary/aromatic N) is 2. The van der Waals surface area contributed by atoms with E-state index in [9.17, 15) is 4.79 Å². The molecule has 0 bridgehead atoms. The molecule has 4 heteroatoms. The molecule has 1 unspecified atom stereocenters. The Kier molecular flexibility index (Phi) is 3.51. The maximum Gasteiger partial charge on any atom is 0.224 e. The summed E-state index contributed by atoms with van der Waals surface area (Å²) in [6.45, 7) is 4.46. The standard InChI is InChI=1S/C12H17N3O/c1-2-14-11-6-12(16)15(9-11)8-10-4-3-5-13-7-10/h3-5,7,11,14H,2,6,8-9H2,1H3. The van der Waals surface area contributed by atoms with Gasteiger partial charge in [-0.05, 0) is 18.2 Å². The Bertz CT molecular complexity index is 353. The van der Waals surface area contributed by atoms with E-state index in [1.165, 1.54) is 0 Å². The van der Waals surface area contributed by atoms with E-state index in [1.54, 1.807) is 6.20 Å². The van der Waals surface area contributed by atoms with Crippen molar-refractivity contribution in [2.24, 2.45) is 0 Å². The van der Waals surface area contributed by atoms with Crippen LogP contribution in [0.25, 0.3) is 0 Å². The minimum Gasteiger partial charge on any atom is -0.337 e. The van der Waals surface area contributed by atoms with Gasteiger partial charge in [0.25, 0.3) is 0 Å². The van der Waals surface area contributed by atoms with Gasteiger partial charge in [0.2, 0.25) is 5.91 Å². The minimum atomic E-state index is 0.231. The van der Waals surface area contributed by atoms with Crippen molar-refractivity contribution in [1.82, 2.24) is 15.2 Å². The van der Waals surface area contributed by atoms with Gasteiger partial charge in [-0.25, -0.2) is 0 Å². The second-order valence-electron chi connectivity index (χ2n) is 4.09. The van der Waals surface area contributed by atoms with E-state index < -0.39 is 0 Å². The van der Waals surface area contributed by atoms with Gasteiger partial charge in [0, 0.05) is 37.9 Å². The summed E-state index contributed by atoms with van der Waals surface area (Å²) < 4.78 is 0. The number of nitrogens with one attached hydrogen (secondary N) is 1. The SMILES string of the molecule is CCNC1CC(=O)N(Cc2cccnc2)C1. The number of amides is 1. The predicted octanol–water partition coefficient (Wildman–Crippen LogP) is 0.792. The fraction of sp³-hybridized carbons (Fsp3) is 0.500. The zero-order valence-electron chi connectivity index (χ0n) is 9.52. The van der Waals surface area contributed by atoms with Crippen LogP contribution in [-0.4, -0.2) is 34.9 Å². The van der Waals surface area contributed by atoms with E-state index in [0.717, 1.165) is 18.7 Å². The number of pyridine rings is 1. The average Bonchev–Trinajstić information content (AvgIpc) is 2.61. The molecule has 16 heavy (non-hydrogen) atoms. The monoisotopic (exact) mass is 219 g/mol. The zero-order valence-corrected chi connectivity index (χ0v) is 9.52. The Labute approximate surface area is 95.7 Å². The van der Waals surface area contributed by atoms with Crippen molar-refractivity contribution in [2.75, 3.05) is 13.1 Å². The predicted molar refractivity (Wildman–Crippen MR) is 61.7 cm³/mol. The van der Waals surface area contributed by atoms with Crippen LogP contribution in [0.1, 0.15) is 18.9 Å². The van der Waals surface area contributed by atoms with Gasteiger partial charge in [-0.2, -0.15) is 0 Å². The number of likely N-dealkylation sites (N-methyl/N-ethyl adjacent to an activating group) is 1. The zero-order chi connectivity index (χ0) is 11.4. The van der Waals surface area contributed by atoms with Crippen molar-refractivity contribution in [3.63, 3.8) is 0 Å². The third-order valence-electron chi connectivity index (χ3n) is 2.80. The quantitative estimate of drug-likeness (QED) is 0.814. The number of rotatable bonds is 4. The van der Waals surface area contributed by atoms with Crippen LogP contribution in [0.2, 0.25) is 0 Å². The first-order valence-corrected chi connectivity index (χ1v) is 5.69. The van der Waals surface area contributed by atoms with E-state index in [-0.39, 0.29) is 5.91 Å². The average molecular weight is 219 g/mol. The summed E-state index contributed by atoms with van der Waals surface area (Å²) in [6, 6.07) is 4.22. The molecule has 4 nitrogen and oxygen atoms in total. The molecule has 1 aliphatic rings. The molecular weight excluding hydrogens is 202 g/mol. The summed E-state index contributed by atoms with van der Waals surface area (Å²) in [5.74, 6) is 0.231. The second-order valence-corrected chi connectivity index (χ2v) is 4.09. The fourth-order valence-electron chi connectivity index (χ4n) is 2.06. The summed E-state index contributed by atoms with van der Waals surface area (Å²) in [7, 11) is 0. The lowest BCUT2D eigenvalue weighted by Crippen LogP contribution is -2.32. The van der Waals surface area contributed by atoms with Crippen LogP contribution in [0.5, 0.6) is 0 Å². The minimum absolute atomic E-state index is 0.231. The van der Waals surface area contributed by atoms with Gasteiger partial charge < -0.3 is 10.2 Å². The van der Waals surface area contributed by atoms with Crippen LogP contribution in [0.4, 0.5) is 0 Å². The molecule has 1 amide bonds. The molecule has 1 saturated heterocycles. The van der Waals surface area contributed by atoms with Gasteiger partial charge >= 0.3 is 0 Å². The van der Waals surface area contributed by atoms with Gasteiger partial charge in [0.05, 0.1) is 0 Å².